The molecule has 0 radical (unpaired) electrons. The van der Waals surface area contributed by atoms with Crippen LogP contribution in [0.15, 0.2) is 18.2 Å². The molecule has 0 aromatic heterocycles. The van der Waals surface area contributed by atoms with E-state index in [2.05, 4.69) is 19.2 Å². The first-order chi connectivity index (χ1) is 7.80. The van der Waals surface area contributed by atoms with Crippen LogP contribution in [-0.2, 0) is 6.18 Å². The van der Waals surface area contributed by atoms with Crippen LogP contribution in [0.2, 0.25) is 0 Å². The number of nitrogens with one attached hydrogen (secondary N) is 1. The van der Waals surface area contributed by atoms with Gasteiger partial charge in [-0.3, -0.25) is 0 Å². The molecule has 0 unspecified atom stereocenters. The van der Waals surface area contributed by atoms with Crippen molar-refractivity contribution in [3.8, 4) is 0 Å². The summed E-state index contributed by atoms with van der Waals surface area (Å²) in [6.07, 6.45) is -3.34. The van der Waals surface area contributed by atoms with Crippen molar-refractivity contribution in [3.63, 3.8) is 0 Å². The number of anilines is 1. The second kappa shape index (κ2) is 5.43. The molecule has 0 amide bonds. The number of halogens is 3. The van der Waals surface area contributed by atoms with Crippen molar-refractivity contribution >= 4 is 5.69 Å². The van der Waals surface area contributed by atoms with Crippen molar-refractivity contribution in [2.45, 2.75) is 33.4 Å². The minimum Gasteiger partial charge on any atom is -0.385 e. The van der Waals surface area contributed by atoms with Crippen LogP contribution < -0.4 is 5.32 Å². The van der Waals surface area contributed by atoms with Crippen LogP contribution in [-0.4, -0.2) is 6.54 Å². The average molecular weight is 245 g/mol. The Morgan fingerprint density at radius 1 is 1.24 bits per heavy atom. The summed E-state index contributed by atoms with van der Waals surface area (Å²) in [4.78, 5) is 0. The van der Waals surface area contributed by atoms with E-state index in [1.54, 1.807) is 6.92 Å². The third-order valence-corrected chi connectivity index (χ3v) is 2.60. The fourth-order valence-electron chi connectivity index (χ4n) is 1.48. The first-order valence-corrected chi connectivity index (χ1v) is 5.72. The van der Waals surface area contributed by atoms with E-state index in [0.29, 0.717) is 18.2 Å². The minimum atomic E-state index is -4.28. The Kier molecular flexibility index (Phi) is 4.43. The molecule has 1 aromatic rings. The lowest BCUT2D eigenvalue weighted by atomic mass is 10.1. The summed E-state index contributed by atoms with van der Waals surface area (Å²) >= 11 is 0. The van der Waals surface area contributed by atoms with Gasteiger partial charge < -0.3 is 5.32 Å². The van der Waals surface area contributed by atoms with Gasteiger partial charge in [0.25, 0.3) is 0 Å². The second-order valence-electron chi connectivity index (χ2n) is 4.64. The topological polar surface area (TPSA) is 12.0 Å². The number of alkyl halides is 3. The maximum atomic E-state index is 12.5. The Hall–Kier alpha value is -1.19. The molecule has 96 valence electrons. The number of rotatable bonds is 4. The molecule has 0 heterocycles. The van der Waals surface area contributed by atoms with Gasteiger partial charge in [-0.2, -0.15) is 13.2 Å². The molecule has 0 bridgehead atoms. The van der Waals surface area contributed by atoms with Gasteiger partial charge in [0.2, 0.25) is 0 Å². The van der Waals surface area contributed by atoms with Gasteiger partial charge >= 0.3 is 6.18 Å². The summed E-state index contributed by atoms with van der Waals surface area (Å²) in [7, 11) is 0. The average Bonchev–Trinajstić information content (AvgIpc) is 2.18. The highest BCUT2D eigenvalue weighted by Crippen LogP contribution is 2.32. The zero-order valence-electron chi connectivity index (χ0n) is 10.4. The zero-order valence-corrected chi connectivity index (χ0v) is 10.4. The molecule has 0 fully saturated rings. The van der Waals surface area contributed by atoms with Crippen LogP contribution in [0.3, 0.4) is 0 Å². The minimum absolute atomic E-state index is 0.536. The van der Waals surface area contributed by atoms with Crippen LogP contribution in [0, 0.1) is 12.8 Å². The lowest BCUT2D eigenvalue weighted by Gasteiger charge is -2.14. The van der Waals surface area contributed by atoms with Gasteiger partial charge in [-0.05, 0) is 37.0 Å². The Bertz CT molecular complexity index is 369. The van der Waals surface area contributed by atoms with E-state index in [9.17, 15) is 13.2 Å². The lowest BCUT2D eigenvalue weighted by Crippen LogP contribution is -2.09. The van der Waals surface area contributed by atoms with E-state index in [4.69, 9.17) is 0 Å². The molecule has 4 heteroatoms. The van der Waals surface area contributed by atoms with Crippen LogP contribution in [0.1, 0.15) is 31.4 Å². The predicted molar refractivity (Wildman–Crippen MR) is 64.1 cm³/mol. The number of benzene rings is 1. The fourth-order valence-corrected chi connectivity index (χ4v) is 1.48. The van der Waals surface area contributed by atoms with E-state index < -0.39 is 11.7 Å². The third kappa shape index (κ3) is 4.29. The van der Waals surface area contributed by atoms with Gasteiger partial charge in [0.1, 0.15) is 0 Å². The van der Waals surface area contributed by atoms with E-state index in [1.807, 2.05) is 0 Å². The molecule has 1 nitrogen and oxygen atoms in total. The first kappa shape index (κ1) is 13.9. The predicted octanol–water partition coefficient (Wildman–Crippen LogP) is 4.47. The van der Waals surface area contributed by atoms with E-state index >= 15 is 0 Å². The summed E-state index contributed by atoms with van der Waals surface area (Å²) in [6.45, 7) is 6.67. The largest absolute Gasteiger partial charge is 0.416 e. The molecule has 0 spiro atoms. The molecule has 0 atom stereocenters. The smallest absolute Gasteiger partial charge is 0.385 e. The van der Waals surface area contributed by atoms with E-state index in [1.165, 1.54) is 12.1 Å². The fraction of sp³-hybridized carbons (Fsp3) is 0.538. The Balaban J connectivity index is 2.77. The van der Waals surface area contributed by atoms with Crippen molar-refractivity contribution in [2.24, 2.45) is 5.92 Å². The Labute approximate surface area is 100 Å². The standard InChI is InChI=1S/C13H18F3N/c1-9(2)6-7-17-12-8-11(13(14,15)16)5-4-10(12)3/h4-5,8-9,17H,6-7H2,1-3H3. The zero-order chi connectivity index (χ0) is 13.1. The summed E-state index contributed by atoms with van der Waals surface area (Å²) in [5.74, 6) is 0.536. The maximum Gasteiger partial charge on any atom is 0.416 e. The molecule has 0 aliphatic carbocycles. The van der Waals surface area contributed by atoms with Gasteiger partial charge in [0, 0.05) is 12.2 Å². The number of hydrogen-bond acceptors (Lipinski definition) is 1. The van der Waals surface area contributed by atoms with E-state index in [0.717, 1.165) is 18.1 Å². The Morgan fingerprint density at radius 3 is 2.41 bits per heavy atom. The van der Waals surface area contributed by atoms with Crippen LogP contribution in [0.4, 0.5) is 18.9 Å². The quantitative estimate of drug-likeness (QED) is 0.825. The van der Waals surface area contributed by atoms with Gasteiger partial charge in [-0.25, -0.2) is 0 Å². The van der Waals surface area contributed by atoms with Crippen molar-refractivity contribution in [1.82, 2.24) is 0 Å². The first-order valence-electron chi connectivity index (χ1n) is 5.72. The molecule has 0 saturated carbocycles. The summed E-state index contributed by atoms with van der Waals surface area (Å²) < 4.78 is 37.6. The summed E-state index contributed by atoms with van der Waals surface area (Å²) in [5, 5.41) is 3.06. The van der Waals surface area contributed by atoms with Crippen LogP contribution in [0.5, 0.6) is 0 Å². The van der Waals surface area contributed by atoms with Crippen molar-refractivity contribution in [2.75, 3.05) is 11.9 Å². The second-order valence-corrected chi connectivity index (χ2v) is 4.64. The van der Waals surface area contributed by atoms with E-state index in [-0.39, 0.29) is 0 Å². The van der Waals surface area contributed by atoms with Crippen molar-refractivity contribution in [1.29, 1.82) is 0 Å². The van der Waals surface area contributed by atoms with Crippen LogP contribution in [0.25, 0.3) is 0 Å². The van der Waals surface area contributed by atoms with Gasteiger partial charge in [0.15, 0.2) is 0 Å². The normalized spacial score (nSPS) is 11.9. The van der Waals surface area contributed by atoms with Crippen molar-refractivity contribution < 1.29 is 13.2 Å². The maximum absolute atomic E-state index is 12.5. The number of aryl methyl sites for hydroxylation is 1. The Morgan fingerprint density at radius 2 is 1.88 bits per heavy atom. The highest BCUT2D eigenvalue weighted by atomic mass is 19.4. The monoisotopic (exact) mass is 245 g/mol. The molecule has 1 rings (SSSR count). The highest BCUT2D eigenvalue weighted by molar-refractivity contribution is 5.53. The molecular weight excluding hydrogens is 227 g/mol. The van der Waals surface area contributed by atoms with Crippen LogP contribution >= 0.6 is 0 Å². The molecule has 1 N–H and O–H groups in total. The van der Waals surface area contributed by atoms with Gasteiger partial charge in [-0.15, -0.1) is 0 Å². The molecule has 17 heavy (non-hydrogen) atoms. The molecular formula is C13H18F3N. The summed E-state index contributed by atoms with van der Waals surface area (Å²) in [6, 6.07) is 3.79. The van der Waals surface area contributed by atoms with Gasteiger partial charge in [-0.1, -0.05) is 19.9 Å². The molecule has 1 aromatic carbocycles. The molecule has 0 aliphatic heterocycles. The summed E-state index contributed by atoms with van der Waals surface area (Å²) in [5.41, 5.74) is 0.803. The lowest BCUT2D eigenvalue weighted by molar-refractivity contribution is -0.137. The SMILES string of the molecule is Cc1ccc(C(F)(F)F)cc1NCCC(C)C. The molecule has 0 aliphatic rings. The van der Waals surface area contributed by atoms with Gasteiger partial charge in [0.05, 0.1) is 5.56 Å². The highest BCUT2D eigenvalue weighted by Gasteiger charge is 2.30. The molecule has 0 saturated heterocycles. The third-order valence-electron chi connectivity index (χ3n) is 2.60. The van der Waals surface area contributed by atoms with Crippen molar-refractivity contribution in [3.05, 3.63) is 29.3 Å². The number of hydrogen-bond donors (Lipinski definition) is 1.